The number of aliphatic carboxylic acids is 1. The number of carboxylic acids is 1. The Balaban J connectivity index is 2.07. The van der Waals surface area contributed by atoms with Crippen LogP contribution in [-0.2, 0) is 11.3 Å². The molecular weight excluding hydrogens is 270 g/mol. The Morgan fingerprint density at radius 1 is 1.43 bits per heavy atom. The molecule has 1 aromatic carbocycles. The van der Waals surface area contributed by atoms with Crippen LogP contribution in [0.1, 0.15) is 18.9 Å². The summed E-state index contributed by atoms with van der Waals surface area (Å²) in [7, 11) is 1.86. The van der Waals surface area contributed by atoms with E-state index >= 15 is 0 Å². The molecule has 2 atom stereocenters. The van der Waals surface area contributed by atoms with Gasteiger partial charge in [-0.05, 0) is 37.1 Å². The summed E-state index contributed by atoms with van der Waals surface area (Å²) in [5.74, 6) is -0.969. The molecule has 114 valence electrons. The summed E-state index contributed by atoms with van der Waals surface area (Å²) in [4.78, 5) is 25.0. The zero-order valence-electron chi connectivity index (χ0n) is 12.3. The van der Waals surface area contributed by atoms with E-state index in [1.165, 1.54) is 4.90 Å². The second kappa shape index (κ2) is 6.58. The molecule has 2 unspecified atom stereocenters. The van der Waals surface area contributed by atoms with Gasteiger partial charge in [0.2, 0.25) is 0 Å². The average Bonchev–Trinajstić information content (AvgIpc) is 2.81. The molecule has 2 rings (SSSR count). The molecule has 0 aliphatic carbocycles. The maximum absolute atomic E-state index is 12.3. The minimum absolute atomic E-state index is 0.0242. The van der Waals surface area contributed by atoms with E-state index in [9.17, 15) is 14.7 Å². The lowest BCUT2D eigenvalue weighted by molar-refractivity contribution is -0.142. The van der Waals surface area contributed by atoms with Crippen LogP contribution in [0.4, 0.5) is 10.5 Å². The highest BCUT2D eigenvalue weighted by Crippen LogP contribution is 2.25. The van der Waals surface area contributed by atoms with Crippen molar-refractivity contribution >= 4 is 17.7 Å². The molecule has 6 nitrogen and oxygen atoms in total. The lowest BCUT2D eigenvalue weighted by Crippen LogP contribution is -2.44. The van der Waals surface area contributed by atoms with Crippen LogP contribution in [0, 0.1) is 5.92 Å². The maximum Gasteiger partial charge on any atom is 0.326 e. The van der Waals surface area contributed by atoms with E-state index in [1.807, 2.05) is 32.2 Å². The quantitative estimate of drug-likeness (QED) is 0.789. The third-order valence-corrected chi connectivity index (χ3v) is 3.77. The first kappa shape index (κ1) is 15.3. The summed E-state index contributed by atoms with van der Waals surface area (Å²) in [6, 6.07) is 6.41. The molecule has 3 N–H and O–H groups in total. The normalized spacial score (nSPS) is 21.3. The molecule has 0 saturated carbocycles. The number of carbonyl (C=O) groups is 2. The van der Waals surface area contributed by atoms with E-state index in [2.05, 4.69) is 10.6 Å². The first-order valence-electron chi connectivity index (χ1n) is 7.07. The molecule has 0 spiro atoms. The minimum Gasteiger partial charge on any atom is -0.480 e. The largest absolute Gasteiger partial charge is 0.480 e. The Kier molecular flexibility index (Phi) is 4.80. The monoisotopic (exact) mass is 291 g/mol. The minimum atomic E-state index is -0.945. The highest BCUT2D eigenvalue weighted by Gasteiger charge is 2.39. The average molecular weight is 291 g/mol. The molecule has 1 saturated heterocycles. The van der Waals surface area contributed by atoms with Gasteiger partial charge in [0.15, 0.2) is 0 Å². The Bertz CT molecular complexity index is 533. The van der Waals surface area contributed by atoms with Crippen LogP contribution >= 0.6 is 0 Å². The molecular formula is C15H21N3O3. The lowest BCUT2D eigenvalue weighted by atomic mass is 10.0. The molecule has 1 aromatic rings. The zero-order chi connectivity index (χ0) is 15.4. The van der Waals surface area contributed by atoms with Crippen molar-refractivity contribution in [2.45, 2.75) is 25.9 Å². The Morgan fingerprint density at radius 2 is 2.19 bits per heavy atom. The molecule has 21 heavy (non-hydrogen) atoms. The van der Waals surface area contributed by atoms with Crippen LogP contribution in [0.25, 0.3) is 0 Å². The van der Waals surface area contributed by atoms with Gasteiger partial charge >= 0.3 is 12.0 Å². The predicted octanol–water partition coefficient (Wildman–Crippen LogP) is 1.73. The second-order valence-electron chi connectivity index (χ2n) is 5.40. The number of carboxylic acid groups (broad SMARTS) is 1. The van der Waals surface area contributed by atoms with Gasteiger partial charge in [-0.1, -0.05) is 19.1 Å². The van der Waals surface area contributed by atoms with Crippen LogP contribution in [0.2, 0.25) is 0 Å². The van der Waals surface area contributed by atoms with Crippen molar-refractivity contribution in [3.63, 3.8) is 0 Å². The van der Waals surface area contributed by atoms with Crippen LogP contribution < -0.4 is 10.6 Å². The van der Waals surface area contributed by atoms with E-state index in [4.69, 9.17) is 0 Å². The van der Waals surface area contributed by atoms with Gasteiger partial charge in [-0.2, -0.15) is 0 Å². The number of rotatable bonds is 4. The maximum atomic E-state index is 12.3. The Hall–Kier alpha value is -2.08. The number of amides is 2. The van der Waals surface area contributed by atoms with Crippen LogP contribution in [0.3, 0.4) is 0 Å². The van der Waals surface area contributed by atoms with E-state index in [1.54, 1.807) is 6.07 Å². The zero-order valence-corrected chi connectivity index (χ0v) is 12.3. The summed E-state index contributed by atoms with van der Waals surface area (Å²) >= 11 is 0. The molecule has 0 bridgehead atoms. The van der Waals surface area contributed by atoms with Gasteiger partial charge in [0.25, 0.3) is 0 Å². The Labute approximate surface area is 124 Å². The Morgan fingerprint density at radius 3 is 2.86 bits per heavy atom. The van der Waals surface area contributed by atoms with Gasteiger partial charge in [-0.25, -0.2) is 9.59 Å². The van der Waals surface area contributed by atoms with E-state index < -0.39 is 12.0 Å². The number of benzene rings is 1. The molecule has 1 fully saturated rings. The summed E-state index contributed by atoms with van der Waals surface area (Å²) in [6.45, 7) is 3.04. The van der Waals surface area contributed by atoms with Crippen LogP contribution in [-0.4, -0.2) is 41.6 Å². The van der Waals surface area contributed by atoms with Gasteiger partial charge in [0.05, 0.1) is 0 Å². The highest BCUT2D eigenvalue weighted by atomic mass is 16.4. The summed E-state index contributed by atoms with van der Waals surface area (Å²) in [5.41, 5.74) is 1.73. The topological polar surface area (TPSA) is 81.7 Å². The second-order valence-corrected chi connectivity index (χ2v) is 5.40. The first-order valence-corrected chi connectivity index (χ1v) is 7.07. The van der Waals surface area contributed by atoms with Gasteiger partial charge in [0.1, 0.15) is 6.04 Å². The van der Waals surface area contributed by atoms with Crippen molar-refractivity contribution < 1.29 is 14.7 Å². The predicted molar refractivity (Wildman–Crippen MR) is 80.1 cm³/mol. The molecule has 2 amide bonds. The smallest absolute Gasteiger partial charge is 0.326 e. The third kappa shape index (κ3) is 3.52. The van der Waals surface area contributed by atoms with E-state index in [-0.39, 0.29) is 11.9 Å². The fourth-order valence-corrected chi connectivity index (χ4v) is 2.71. The fraction of sp³-hybridized carbons (Fsp3) is 0.467. The van der Waals surface area contributed by atoms with Gasteiger partial charge < -0.3 is 20.6 Å². The fourth-order valence-electron chi connectivity index (χ4n) is 2.71. The first-order chi connectivity index (χ1) is 10.0. The molecule has 0 radical (unpaired) electrons. The number of hydrogen-bond donors (Lipinski definition) is 3. The number of anilines is 1. The van der Waals surface area contributed by atoms with Gasteiger partial charge in [-0.3, -0.25) is 0 Å². The number of hydrogen-bond acceptors (Lipinski definition) is 3. The highest BCUT2D eigenvalue weighted by molar-refractivity contribution is 5.92. The van der Waals surface area contributed by atoms with E-state index in [0.29, 0.717) is 25.2 Å². The molecule has 1 heterocycles. The number of nitrogens with one attached hydrogen (secondary N) is 2. The SMILES string of the molecule is CNCc1cccc(NC(=O)N2CCC(C)C2C(=O)O)c1. The van der Waals surface area contributed by atoms with Crippen molar-refractivity contribution in [3.8, 4) is 0 Å². The van der Waals surface area contributed by atoms with Crippen molar-refractivity contribution in [3.05, 3.63) is 29.8 Å². The number of nitrogens with zero attached hydrogens (tertiary/aromatic N) is 1. The standard InChI is InChI=1S/C15H21N3O3/c1-10-6-7-18(13(10)14(19)20)15(21)17-12-5-3-4-11(8-12)9-16-2/h3-5,8,10,13,16H,6-7,9H2,1-2H3,(H,17,21)(H,19,20). The molecule has 1 aliphatic rings. The van der Waals surface area contributed by atoms with E-state index in [0.717, 1.165) is 5.56 Å². The summed E-state index contributed by atoms with van der Waals surface area (Å²) < 4.78 is 0. The van der Waals surface area contributed by atoms with Crippen LogP contribution in [0.15, 0.2) is 24.3 Å². The molecule has 0 aromatic heterocycles. The lowest BCUT2D eigenvalue weighted by Gasteiger charge is -2.23. The molecule has 6 heteroatoms. The number of carbonyl (C=O) groups excluding carboxylic acids is 1. The van der Waals surface area contributed by atoms with Gasteiger partial charge in [-0.15, -0.1) is 0 Å². The van der Waals surface area contributed by atoms with Gasteiger partial charge in [0, 0.05) is 18.8 Å². The van der Waals surface area contributed by atoms with Crippen LogP contribution in [0.5, 0.6) is 0 Å². The van der Waals surface area contributed by atoms with Crippen molar-refractivity contribution in [1.82, 2.24) is 10.2 Å². The molecule has 1 aliphatic heterocycles. The number of urea groups is 1. The number of likely N-dealkylation sites (tertiary alicyclic amines) is 1. The van der Waals surface area contributed by atoms with Crippen molar-refractivity contribution in [1.29, 1.82) is 0 Å². The third-order valence-electron chi connectivity index (χ3n) is 3.77. The summed E-state index contributed by atoms with van der Waals surface area (Å²) in [5, 5.41) is 15.1. The summed E-state index contributed by atoms with van der Waals surface area (Å²) in [6.07, 6.45) is 0.712. The van der Waals surface area contributed by atoms with Crippen molar-refractivity contribution in [2.75, 3.05) is 18.9 Å². The van der Waals surface area contributed by atoms with Crippen molar-refractivity contribution in [2.24, 2.45) is 5.92 Å².